The Morgan fingerprint density at radius 2 is 1.95 bits per heavy atom. The molecular weight excluding hydrogens is 268 g/mol. The van der Waals surface area contributed by atoms with Gasteiger partial charge < -0.3 is 20.5 Å². The number of nitrogens with two attached hydrogens (primary N) is 1. The van der Waals surface area contributed by atoms with Gasteiger partial charge in [-0.15, -0.1) is 0 Å². The number of hydrogen-bond donors (Lipinski definition) is 2. The summed E-state index contributed by atoms with van der Waals surface area (Å²) < 4.78 is 11.0. The molecule has 3 N–H and O–H groups in total. The van der Waals surface area contributed by atoms with Gasteiger partial charge in [-0.1, -0.05) is 18.2 Å². The van der Waals surface area contributed by atoms with Crippen molar-refractivity contribution < 1.29 is 14.3 Å². The molecule has 0 aromatic heterocycles. The zero-order valence-corrected chi connectivity index (χ0v) is 13.3. The lowest BCUT2D eigenvalue weighted by atomic mass is 10.1. The Labute approximate surface area is 126 Å². The molecule has 5 heteroatoms. The predicted octanol–water partition coefficient (Wildman–Crippen LogP) is 2.30. The number of hydrogen-bond acceptors (Lipinski definition) is 4. The molecule has 0 saturated heterocycles. The van der Waals surface area contributed by atoms with Crippen LogP contribution in [0, 0.1) is 0 Å². The fourth-order valence-electron chi connectivity index (χ4n) is 1.70. The minimum Gasteiger partial charge on any atom is -0.373 e. The second kappa shape index (κ2) is 8.12. The summed E-state index contributed by atoms with van der Waals surface area (Å²) in [5, 5.41) is 2.83. The second-order valence-electron chi connectivity index (χ2n) is 5.82. The molecule has 1 rings (SSSR count). The van der Waals surface area contributed by atoms with E-state index < -0.39 is 6.10 Å². The summed E-state index contributed by atoms with van der Waals surface area (Å²) in [7, 11) is 0. The smallest absolute Gasteiger partial charge is 0.253 e. The molecule has 1 atom stereocenters. The summed E-state index contributed by atoms with van der Waals surface area (Å²) in [5.41, 5.74) is 7.07. The van der Waals surface area contributed by atoms with Crippen LogP contribution in [0.25, 0.3) is 0 Å². The quantitative estimate of drug-likeness (QED) is 0.757. The van der Waals surface area contributed by atoms with Gasteiger partial charge >= 0.3 is 0 Å². The van der Waals surface area contributed by atoms with Gasteiger partial charge in [0.2, 0.25) is 0 Å². The van der Waals surface area contributed by atoms with Gasteiger partial charge in [0.25, 0.3) is 5.91 Å². The van der Waals surface area contributed by atoms with Crippen LogP contribution in [0.3, 0.4) is 0 Å². The molecule has 1 amide bonds. The molecule has 1 aromatic rings. The molecule has 118 valence electrons. The molecule has 1 unspecified atom stereocenters. The third kappa shape index (κ3) is 6.71. The average molecular weight is 294 g/mol. The molecule has 5 nitrogen and oxygen atoms in total. The Morgan fingerprint density at radius 3 is 2.57 bits per heavy atom. The van der Waals surface area contributed by atoms with Gasteiger partial charge in [0.15, 0.2) is 0 Å². The summed E-state index contributed by atoms with van der Waals surface area (Å²) in [5.74, 6) is -0.188. The van der Waals surface area contributed by atoms with Gasteiger partial charge in [-0.25, -0.2) is 0 Å². The van der Waals surface area contributed by atoms with Crippen LogP contribution >= 0.6 is 0 Å². The number of rotatable bonds is 7. The van der Waals surface area contributed by atoms with Crippen LogP contribution in [0.2, 0.25) is 0 Å². The van der Waals surface area contributed by atoms with Crippen molar-refractivity contribution in [1.29, 1.82) is 0 Å². The zero-order valence-electron chi connectivity index (χ0n) is 13.3. The van der Waals surface area contributed by atoms with E-state index in [0.29, 0.717) is 19.8 Å². The summed E-state index contributed by atoms with van der Waals surface area (Å²) >= 11 is 0. The van der Waals surface area contributed by atoms with Crippen molar-refractivity contribution in [3.63, 3.8) is 0 Å². The molecule has 0 fully saturated rings. The van der Waals surface area contributed by atoms with Crippen LogP contribution < -0.4 is 11.1 Å². The summed E-state index contributed by atoms with van der Waals surface area (Å²) in [6.07, 6.45) is -0.542. The highest BCUT2D eigenvalue weighted by atomic mass is 16.5. The Morgan fingerprint density at radius 1 is 1.29 bits per heavy atom. The summed E-state index contributed by atoms with van der Waals surface area (Å²) in [4.78, 5) is 12.1. The molecule has 0 radical (unpaired) electrons. The molecule has 0 bridgehead atoms. The fraction of sp³-hybridized carbons (Fsp3) is 0.562. The van der Waals surface area contributed by atoms with E-state index in [-0.39, 0.29) is 11.5 Å². The van der Waals surface area contributed by atoms with E-state index in [2.05, 4.69) is 5.32 Å². The Kier molecular flexibility index (Phi) is 6.81. The van der Waals surface area contributed by atoms with Crippen molar-refractivity contribution in [3.05, 3.63) is 29.8 Å². The van der Waals surface area contributed by atoms with E-state index >= 15 is 0 Å². The van der Waals surface area contributed by atoms with E-state index in [9.17, 15) is 4.79 Å². The standard InChI is InChI=1S/C16H26N2O3/c1-12(20-9-10-21-16(2,3)4)15(19)18-14-8-6-5-7-13(14)11-17/h5-8,12H,9-11,17H2,1-4H3,(H,18,19). The van der Waals surface area contributed by atoms with Gasteiger partial charge in [0.05, 0.1) is 18.8 Å². The zero-order chi connectivity index (χ0) is 15.9. The monoisotopic (exact) mass is 294 g/mol. The maximum Gasteiger partial charge on any atom is 0.253 e. The van der Waals surface area contributed by atoms with Crippen LogP contribution in [0.5, 0.6) is 0 Å². The highest BCUT2D eigenvalue weighted by Crippen LogP contribution is 2.14. The first kappa shape index (κ1) is 17.6. The van der Waals surface area contributed by atoms with E-state index in [1.54, 1.807) is 6.92 Å². The van der Waals surface area contributed by atoms with Crippen LogP contribution in [0.15, 0.2) is 24.3 Å². The first-order valence-electron chi connectivity index (χ1n) is 7.18. The number of carbonyl (C=O) groups is 1. The number of carbonyl (C=O) groups excluding carboxylic acids is 1. The van der Waals surface area contributed by atoms with Crippen molar-refractivity contribution in [3.8, 4) is 0 Å². The minimum absolute atomic E-state index is 0.188. The Balaban J connectivity index is 2.41. The molecule has 1 aromatic carbocycles. The number of anilines is 1. The SMILES string of the molecule is CC(OCCOC(C)(C)C)C(=O)Nc1ccccc1CN. The average Bonchev–Trinajstić information content (AvgIpc) is 2.42. The molecule has 0 spiro atoms. The van der Waals surface area contributed by atoms with Crippen molar-refractivity contribution in [1.82, 2.24) is 0 Å². The normalized spacial score (nSPS) is 13.0. The van der Waals surface area contributed by atoms with Crippen molar-refractivity contribution >= 4 is 11.6 Å². The predicted molar refractivity (Wildman–Crippen MR) is 84.1 cm³/mol. The number of ether oxygens (including phenoxy) is 2. The molecule has 0 aliphatic carbocycles. The van der Waals surface area contributed by atoms with Crippen molar-refractivity contribution in [2.45, 2.75) is 45.9 Å². The molecular formula is C16H26N2O3. The second-order valence-corrected chi connectivity index (χ2v) is 5.82. The van der Waals surface area contributed by atoms with Crippen molar-refractivity contribution in [2.75, 3.05) is 18.5 Å². The minimum atomic E-state index is -0.542. The van der Waals surface area contributed by atoms with Crippen LogP contribution in [-0.2, 0) is 20.8 Å². The van der Waals surface area contributed by atoms with Gasteiger partial charge in [-0.3, -0.25) is 4.79 Å². The molecule has 21 heavy (non-hydrogen) atoms. The summed E-state index contributed by atoms with van der Waals surface area (Å²) in [6.45, 7) is 8.88. The summed E-state index contributed by atoms with van der Waals surface area (Å²) in [6, 6.07) is 7.47. The first-order chi connectivity index (χ1) is 9.83. The number of benzene rings is 1. The van der Waals surface area contributed by atoms with Gasteiger partial charge in [-0.05, 0) is 39.3 Å². The van der Waals surface area contributed by atoms with Gasteiger partial charge in [-0.2, -0.15) is 0 Å². The first-order valence-corrected chi connectivity index (χ1v) is 7.18. The van der Waals surface area contributed by atoms with Gasteiger partial charge in [0, 0.05) is 12.2 Å². The van der Waals surface area contributed by atoms with Crippen LogP contribution in [0.4, 0.5) is 5.69 Å². The largest absolute Gasteiger partial charge is 0.373 e. The topological polar surface area (TPSA) is 73.6 Å². The Hall–Kier alpha value is -1.43. The maximum absolute atomic E-state index is 12.1. The fourth-order valence-corrected chi connectivity index (χ4v) is 1.70. The lowest BCUT2D eigenvalue weighted by molar-refractivity contribution is -0.128. The molecule has 0 aliphatic rings. The number of para-hydroxylation sites is 1. The van der Waals surface area contributed by atoms with E-state index in [0.717, 1.165) is 11.3 Å². The highest BCUT2D eigenvalue weighted by molar-refractivity contribution is 5.94. The van der Waals surface area contributed by atoms with Crippen LogP contribution in [-0.4, -0.2) is 30.8 Å². The van der Waals surface area contributed by atoms with E-state index in [4.69, 9.17) is 15.2 Å². The van der Waals surface area contributed by atoms with Gasteiger partial charge in [0.1, 0.15) is 6.10 Å². The molecule has 0 saturated carbocycles. The molecule has 0 heterocycles. The highest BCUT2D eigenvalue weighted by Gasteiger charge is 2.15. The number of amides is 1. The lowest BCUT2D eigenvalue weighted by Gasteiger charge is -2.20. The third-order valence-electron chi connectivity index (χ3n) is 2.85. The maximum atomic E-state index is 12.1. The van der Waals surface area contributed by atoms with E-state index in [1.165, 1.54) is 0 Å². The van der Waals surface area contributed by atoms with E-state index in [1.807, 2.05) is 45.0 Å². The number of nitrogens with one attached hydrogen (secondary N) is 1. The van der Waals surface area contributed by atoms with Crippen molar-refractivity contribution in [2.24, 2.45) is 5.73 Å². The third-order valence-corrected chi connectivity index (χ3v) is 2.85. The van der Waals surface area contributed by atoms with Crippen LogP contribution in [0.1, 0.15) is 33.3 Å². The lowest BCUT2D eigenvalue weighted by Crippen LogP contribution is -2.30. The Bertz CT molecular complexity index is 455. The molecule has 0 aliphatic heterocycles.